The first kappa shape index (κ1) is 53.3. The first-order chi connectivity index (χ1) is 32.1. The van der Waals surface area contributed by atoms with Crippen LogP contribution in [-0.2, 0) is 44.4 Å². The summed E-state index contributed by atoms with van der Waals surface area (Å²) in [4.78, 5) is 49.0. The predicted molar refractivity (Wildman–Crippen MR) is 254 cm³/mol. The van der Waals surface area contributed by atoms with E-state index in [1.807, 2.05) is 65.3 Å². The van der Waals surface area contributed by atoms with E-state index in [0.717, 1.165) is 16.5 Å². The van der Waals surface area contributed by atoms with Crippen molar-refractivity contribution in [3.63, 3.8) is 0 Å². The Morgan fingerprint density at radius 2 is 1.71 bits per heavy atom. The number of halogens is 1. The lowest BCUT2D eigenvalue weighted by Gasteiger charge is -2.49. The van der Waals surface area contributed by atoms with Crippen molar-refractivity contribution in [2.45, 2.75) is 153 Å². The SMILES string of the molecule is CO[C@]1(C)C[C@H](O[C@H]2[C@H](C)[C@@H](O[C@@H]3O[C@H](C)C[C@H](N(C)C)[C@H]3OCCCNC(=O)c3ccccc3F)[C@](C)(O)C[C@@H](C)CN(C)C(=O)[C@H](Cc3c[nH]c4ccccc34)NC(=O)[C@@H]2C)O[C@@H](C)[C@@H]1O. The molecule has 0 bridgehead atoms. The molecule has 0 aliphatic carbocycles. The minimum atomic E-state index is -1.60. The molecule has 0 unspecified atom stereocenters. The summed E-state index contributed by atoms with van der Waals surface area (Å²) in [6, 6.07) is 12.5. The fourth-order valence-electron chi connectivity index (χ4n) is 10.6. The Bertz CT molecular complexity index is 2160. The maximum absolute atomic E-state index is 14.8. The third kappa shape index (κ3) is 12.5. The molecule has 6 rings (SSSR count). The van der Waals surface area contributed by atoms with Gasteiger partial charge in [0.25, 0.3) is 5.91 Å². The topological polar surface area (TPSA) is 193 Å². The van der Waals surface area contributed by atoms with Gasteiger partial charge in [0.05, 0.1) is 47.1 Å². The number of aliphatic hydroxyl groups excluding tert-OH is 1. The summed E-state index contributed by atoms with van der Waals surface area (Å²) in [5.41, 5.74) is -0.900. The zero-order valence-corrected chi connectivity index (χ0v) is 41.7. The second-order valence-electron chi connectivity index (χ2n) is 20.3. The summed E-state index contributed by atoms with van der Waals surface area (Å²) >= 11 is 0. The number of H-pyrrole nitrogens is 1. The van der Waals surface area contributed by atoms with Crippen molar-refractivity contribution in [1.29, 1.82) is 0 Å². The summed E-state index contributed by atoms with van der Waals surface area (Å²) in [7, 11) is 7.14. The van der Waals surface area contributed by atoms with Gasteiger partial charge in [-0.05, 0) is 90.7 Å². The number of hydrogen-bond donors (Lipinski definition) is 5. The standard InChI is InChI=1S/C51H76FN5O11/c1-29-25-50(6,62)45(68-49-43(40(56(8)9)23-30(2)65-49)64-22-16-21-53-47(60)36-18-12-14-19-37(36)52)31(3)42(67-41-26-51(7,63-11)44(58)33(5)66-41)32(4)46(59)55-39(48(61)57(10)28-29)24-34-27-54-38-20-15-13-17-35(34)38/h12-15,17-20,27,29-33,39-45,49,54,58,62H,16,21-26,28H2,1-11H3,(H,53,60)(H,55,59)/t29-,30-,31+,32-,33+,39+,40+,41+,42+,43-,44+,45-,49+,50-,51-/m1/s1. The molecule has 3 aliphatic heterocycles. The summed E-state index contributed by atoms with van der Waals surface area (Å²) in [6.45, 7) is 13.4. The van der Waals surface area contributed by atoms with E-state index < -0.39 is 89.8 Å². The zero-order chi connectivity index (χ0) is 49.7. The smallest absolute Gasteiger partial charge is 0.254 e. The van der Waals surface area contributed by atoms with Crippen LogP contribution in [0, 0.1) is 23.6 Å². The fourth-order valence-corrected chi connectivity index (χ4v) is 10.6. The van der Waals surface area contributed by atoms with Crippen LogP contribution in [0.25, 0.3) is 10.9 Å². The summed E-state index contributed by atoms with van der Waals surface area (Å²) in [5, 5.41) is 30.9. The van der Waals surface area contributed by atoms with Crippen LogP contribution >= 0.6 is 0 Å². The number of carbonyl (C=O) groups excluding carboxylic acids is 3. The van der Waals surface area contributed by atoms with Crippen LogP contribution in [-0.4, -0.2) is 163 Å². The number of aliphatic hydroxyl groups is 2. The van der Waals surface area contributed by atoms with Gasteiger partial charge in [-0.1, -0.05) is 51.1 Å². The van der Waals surface area contributed by atoms with Gasteiger partial charge in [-0.3, -0.25) is 14.4 Å². The minimum Gasteiger partial charge on any atom is -0.387 e. The minimum absolute atomic E-state index is 0.0418. The lowest BCUT2D eigenvalue weighted by molar-refractivity contribution is -0.320. The van der Waals surface area contributed by atoms with E-state index in [1.54, 1.807) is 45.7 Å². The van der Waals surface area contributed by atoms with Crippen molar-refractivity contribution in [3.05, 3.63) is 71.7 Å². The number of aromatic amines is 1. The first-order valence-electron chi connectivity index (χ1n) is 24.1. The molecule has 15 atom stereocenters. The molecule has 3 saturated heterocycles. The highest BCUT2D eigenvalue weighted by Gasteiger charge is 2.52. The highest BCUT2D eigenvalue weighted by atomic mass is 19.1. The van der Waals surface area contributed by atoms with E-state index in [1.165, 1.54) is 25.3 Å². The van der Waals surface area contributed by atoms with Crippen molar-refractivity contribution < 1.29 is 57.4 Å². The number of likely N-dealkylation sites (N-methyl/N-ethyl adjacent to an activating group) is 2. The number of nitrogens with zero attached hydrogens (tertiary/aromatic N) is 2. The van der Waals surface area contributed by atoms with Gasteiger partial charge in [-0.2, -0.15) is 0 Å². The molecule has 4 heterocycles. The molecule has 378 valence electrons. The van der Waals surface area contributed by atoms with Crippen molar-refractivity contribution in [3.8, 4) is 0 Å². The second kappa shape index (κ2) is 22.8. The number of nitrogens with one attached hydrogen (secondary N) is 3. The summed E-state index contributed by atoms with van der Waals surface area (Å²) in [5.74, 6) is -3.79. The van der Waals surface area contributed by atoms with Crippen molar-refractivity contribution >= 4 is 28.6 Å². The first-order valence-corrected chi connectivity index (χ1v) is 24.1. The maximum Gasteiger partial charge on any atom is 0.254 e. The van der Waals surface area contributed by atoms with Gasteiger partial charge >= 0.3 is 0 Å². The van der Waals surface area contributed by atoms with E-state index in [2.05, 4.69) is 20.5 Å². The van der Waals surface area contributed by atoms with Gasteiger partial charge < -0.3 is 64.1 Å². The molecule has 0 spiro atoms. The van der Waals surface area contributed by atoms with Gasteiger partial charge in [-0.15, -0.1) is 0 Å². The maximum atomic E-state index is 14.8. The number of hydrogen-bond acceptors (Lipinski definition) is 12. The molecule has 3 amide bonds. The van der Waals surface area contributed by atoms with Gasteiger partial charge in [-0.25, -0.2) is 4.39 Å². The van der Waals surface area contributed by atoms with Gasteiger partial charge in [0.2, 0.25) is 11.8 Å². The average molecular weight is 954 g/mol. The van der Waals surface area contributed by atoms with E-state index >= 15 is 0 Å². The van der Waals surface area contributed by atoms with Gasteiger partial charge in [0, 0.05) is 75.8 Å². The average Bonchev–Trinajstić information content (AvgIpc) is 3.70. The third-order valence-electron chi connectivity index (χ3n) is 14.3. The number of methoxy groups -OCH3 is 1. The molecular formula is C51H76FN5O11. The fraction of sp³-hybridized carbons (Fsp3) is 0.667. The number of benzene rings is 2. The lowest BCUT2D eigenvalue weighted by Crippen LogP contribution is -2.61. The van der Waals surface area contributed by atoms with E-state index in [0.29, 0.717) is 12.8 Å². The predicted octanol–water partition coefficient (Wildman–Crippen LogP) is 4.80. The Morgan fingerprint density at radius 3 is 2.41 bits per heavy atom. The molecule has 3 aliphatic rings. The number of ether oxygens (including phenoxy) is 6. The van der Waals surface area contributed by atoms with E-state index in [-0.39, 0.29) is 68.5 Å². The molecule has 17 heteroatoms. The molecule has 2 aromatic carbocycles. The lowest BCUT2D eigenvalue weighted by atomic mass is 9.77. The number of carbonyl (C=O) groups is 3. The Morgan fingerprint density at radius 1 is 1.00 bits per heavy atom. The van der Waals surface area contributed by atoms with Gasteiger partial charge in [0.1, 0.15) is 24.1 Å². The number of amides is 3. The molecular weight excluding hydrogens is 878 g/mol. The van der Waals surface area contributed by atoms with Crippen LogP contribution in [0.4, 0.5) is 4.39 Å². The number of aromatic nitrogens is 1. The quantitative estimate of drug-likeness (QED) is 0.139. The van der Waals surface area contributed by atoms with Crippen LogP contribution in [0.2, 0.25) is 0 Å². The Balaban J connectivity index is 1.33. The molecule has 5 N–H and O–H groups in total. The molecule has 1 aromatic heterocycles. The van der Waals surface area contributed by atoms with Crippen LogP contribution in [0.1, 0.15) is 90.1 Å². The summed E-state index contributed by atoms with van der Waals surface area (Å²) < 4.78 is 53.6. The number of rotatable bonds is 14. The molecule has 0 saturated carbocycles. The number of fused-ring (bicyclic) bond motifs is 1. The van der Waals surface area contributed by atoms with Gasteiger partial charge in [0.15, 0.2) is 12.6 Å². The van der Waals surface area contributed by atoms with E-state index in [4.69, 9.17) is 28.4 Å². The third-order valence-corrected chi connectivity index (χ3v) is 14.3. The monoisotopic (exact) mass is 954 g/mol. The van der Waals surface area contributed by atoms with Crippen LogP contribution in [0.5, 0.6) is 0 Å². The van der Waals surface area contributed by atoms with Crippen LogP contribution in [0.15, 0.2) is 54.7 Å². The largest absolute Gasteiger partial charge is 0.387 e. The van der Waals surface area contributed by atoms with Crippen molar-refractivity contribution in [1.82, 2.24) is 25.4 Å². The number of para-hydroxylation sites is 1. The van der Waals surface area contributed by atoms with E-state index in [9.17, 15) is 29.0 Å². The highest BCUT2D eigenvalue weighted by Crippen LogP contribution is 2.40. The second-order valence-corrected chi connectivity index (χ2v) is 20.3. The highest BCUT2D eigenvalue weighted by molar-refractivity contribution is 5.94. The molecule has 3 fully saturated rings. The molecule has 0 radical (unpaired) electrons. The molecule has 3 aromatic rings. The zero-order valence-electron chi connectivity index (χ0n) is 41.7. The van der Waals surface area contributed by atoms with Crippen LogP contribution in [0.3, 0.4) is 0 Å². The Labute approximate surface area is 400 Å². The summed E-state index contributed by atoms with van der Waals surface area (Å²) in [6.07, 6.45) is -3.21. The van der Waals surface area contributed by atoms with Crippen molar-refractivity contribution in [2.24, 2.45) is 17.8 Å². The Hall–Kier alpha value is -4.04. The normalized spacial score (nSPS) is 35.6. The van der Waals surface area contributed by atoms with Crippen molar-refractivity contribution in [2.75, 3.05) is 47.9 Å². The Kier molecular flexibility index (Phi) is 17.9. The van der Waals surface area contributed by atoms with Crippen LogP contribution < -0.4 is 10.6 Å². The molecule has 68 heavy (non-hydrogen) atoms. The molecule has 16 nitrogen and oxygen atoms in total.